The van der Waals surface area contributed by atoms with E-state index in [1.165, 1.54) is 47.5 Å². The van der Waals surface area contributed by atoms with Crippen LogP contribution in [0.2, 0.25) is 0 Å². The summed E-state index contributed by atoms with van der Waals surface area (Å²) in [5.74, 6) is 0. The molecule has 71 heavy (non-hydrogen) atoms. The molecule has 14 rings (SSSR count). The van der Waals surface area contributed by atoms with Crippen molar-refractivity contribution in [3.63, 3.8) is 0 Å². The number of furan rings is 1. The number of anilines is 6. The van der Waals surface area contributed by atoms with Gasteiger partial charge in [-0.3, -0.25) is 0 Å². The van der Waals surface area contributed by atoms with Gasteiger partial charge in [0, 0.05) is 87.1 Å². The van der Waals surface area contributed by atoms with Gasteiger partial charge in [-0.25, -0.2) is 0 Å². The zero-order valence-electron chi connectivity index (χ0n) is 38.5. The average Bonchev–Trinajstić information content (AvgIpc) is 4.12. The highest BCUT2D eigenvalue weighted by molar-refractivity contribution is 7.26. The first-order valence-electron chi connectivity index (χ1n) is 24.1. The summed E-state index contributed by atoms with van der Waals surface area (Å²) in [6.45, 7) is 0. The Morgan fingerprint density at radius 2 is 0.873 bits per heavy atom. The molecule has 0 N–H and O–H groups in total. The number of para-hydroxylation sites is 6. The van der Waals surface area contributed by atoms with Crippen molar-refractivity contribution in [1.82, 2.24) is 4.57 Å². The molecular weight excluding hydrogens is 883 g/mol. The van der Waals surface area contributed by atoms with Crippen LogP contribution in [0, 0.1) is 0 Å². The van der Waals surface area contributed by atoms with E-state index < -0.39 is 0 Å². The minimum absolute atomic E-state index is 0.879. The summed E-state index contributed by atoms with van der Waals surface area (Å²) in [6.07, 6.45) is 0. The number of thiophene rings is 1. The molecule has 0 atom stereocenters. The normalized spacial score (nSPS) is 11.7. The van der Waals surface area contributed by atoms with E-state index in [0.29, 0.717) is 0 Å². The minimum atomic E-state index is 0.879. The van der Waals surface area contributed by atoms with Gasteiger partial charge in [-0.1, -0.05) is 152 Å². The Labute approximate surface area is 414 Å². The van der Waals surface area contributed by atoms with E-state index in [4.69, 9.17) is 4.42 Å². The first-order chi connectivity index (χ1) is 35.2. The Balaban J connectivity index is 1.07. The van der Waals surface area contributed by atoms with Crippen LogP contribution in [0.4, 0.5) is 34.1 Å². The number of hydrogen-bond donors (Lipinski definition) is 0. The van der Waals surface area contributed by atoms with Crippen molar-refractivity contribution < 1.29 is 4.42 Å². The summed E-state index contributed by atoms with van der Waals surface area (Å²) in [4.78, 5) is 4.80. The predicted octanol–water partition coefficient (Wildman–Crippen LogP) is 19.3. The SMILES string of the molecule is c1ccc(N(c2ccccc2)c2cc(-c3cc4c5ccccc5n(-c5ccccc5)c4c4c3sc3ccccc34)cc(N(c3ccccc3)c3cccc(-c4cccc5oc6ccccc6c45)c3)c2)cc1. The number of aromatic nitrogens is 1. The smallest absolute Gasteiger partial charge is 0.136 e. The third-order valence-electron chi connectivity index (χ3n) is 13.9. The molecule has 0 fully saturated rings. The van der Waals surface area contributed by atoms with E-state index in [1.54, 1.807) is 0 Å². The van der Waals surface area contributed by atoms with E-state index >= 15 is 0 Å². The van der Waals surface area contributed by atoms with Crippen LogP contribution < -0.4 is 9.80 Å². The molecule has 3 aromatic heterocycles. The Morgan fingerprint density at radius 3 is 1.58 bits per heavy atom. The lowest BCUT2D eigenvalue weighted by molar-refractivity contribution is 0.669. The van der Waals surface area contributed by atoms with Crippen LogP contribution in [0.1, 0.15) is 0 Å². The maximum absolute atomic E-state index is 6.40. The van der Waals surface area contributed by atoms with Crippen molar-refractivity contribution >= 4 is 109 Å². The fourth-order valence-electron chi connectivity index (χ4n) is 10.9. The largest absolute Gasteiger partial charge is 0.456 e. The standard InChI is InChI=1S/C66H43N3OS/c1-5-22-46(23-6-1)67(47-24-7-2-8-25-47)51-40-45(57-43-58-54-31-13-16-35-59(54)69(49-28-11-4-12-29-49)65(58)64-56-33-15-18-38-62(56)71-66(57)64)41-52(42-51)68(48-26-9-3-10-27-48)50-30-19-21-44(39-50)53-34-20-37-61-63(53)55-32-14-17-36-60(55)70-61/h1-43H. The molecule has 0 radical (unpaired) electrons. The van der Waals surface area contributed by atoms with Crippen LogP contribution >= 0.6 is 11.3 Å². The summed E-state index contributed by atoms with van der Waals surface area (Å²) in [6, 6.07) is 94.2. The highest BCUT2D eigenvalue weighted by Gasteiger charge is 2.25. The number of fused-ring (bicyclic) bond motifs is 10. The molecule has 3 heterocycles. The molecule has 0 bridgehead atoms. The molecule has 4 nitrogen and oxygen atoms in total. The second-order valence-corrected chi connectivity index (χ2v) is 19.1. The molecule has 0 amide bonds. The molecule has 0 aliphatic heterocycles. The van der Waals surface area contributed by atoms with Crippen molar-refractivity contribution in [3.05, 3.63) is 261 Å². The van der Waals surface area contributed by atoms with Crippen LogP contribution in [-0.4, -0.2) is 4.57 Å². The Kier molecular flexibility index (Phi) is 9.68. The minimum Gasteiger partial charge on any atom is -0.456 e. The molecule has 0 unspecified atom stereocenters. The Morgan fingerprint density at radius 1 is 0.338 bits per heavy atom. The van der Waals surface area contributed by atoms with Crippen LogP contribution in [0.5, 0.6) is 0 Å². The molecule has 0 saturated heterocycles. The summed E-state index contributed by atoms with van der Waals surface area (Å²) in [5.41, 5.74) is 16.2. The third kappa shape index (κ3) is 6.81. The first kappa shape index (κ1) is 40.9. The van der Waals surface area contributed by atoms with E-state index in [0.717, 1.165) is 78.4 Å². The van der Waals surface area contributed by atoms with Crippen molar-refractivity contribution in [2.24, 2.45) is 0 Å². The topological polar surface area (TPSA) is 24.6 Å². The van der Waals surface area contributed by atoms with Gasteiger partial charge in [-0.2, -0.15) is 0 Å². The van der Waals surface area contributed by atoms with Crippen molar-refractivity contribution in [3.8, 4) is 27.9 Å². The maximum atomic E-state index is 6.40. The van der Waals surface area contributed by atoms with Gasteiger partial charge in [-0.05, 0) is 126 Å². The molecule has 5 heteroatoms. The van der Waals surface area contributed by atoms with Crippen molar-refractivity contribution in [2.75, 3.05) is 9.80 Å². The fourth-order valence-corrected chi connectivity index (χ4v) is 12.1. The second-order valence-electron chi connectivity index (χ2n) is 18.1. The lowest BCUT2D eigenvalue weighted by Gasteiger charge is -2.30. The zero-order valence-corrected chi connectivity index (χ0v) is 39.3. The number of benzene rings is 11. The van der Waals surface area contributed by atoms with E-state index in [-0.39, 0.29) is 0 Å². The highest BCUT2D eigenvalue weighted by atomic mass is 32.1. The molecular formula is C66H43N3OS. The van der Waals surface area contributed by atoms with Crippen LogP contribution in [0.15, 0.2) is 265 Å². The van der Waals surface area contributed by atoms with E-state index in [9.17, 15) is 0 Å². The molecule has 0 aliphatic rings. The Hall–Kier alpha value is -9.16. The van der Waals surface area contributed by atoms with Gasteiger partial charge in [-0.15, -0.1) is 11.3 Å². The average molecular weight is 926 g/mol. The highest BCUT2D eigenvalue weighted by Crippen LogP contribution is 2.50. The maximum Gasteiger partial charge on any atom is 0.136 e. The summed E-state index contributed by atoms with van der Waals surface area (Å²) in [5, 5.41) is 7.20. The van der Waals surface area contributed by atoms with Gasteiger partial charge >= 0.3 is 0 Å². The van der Waals surface area contributed by atoms with Crippen molar-refractivity contribution in [2.45, 2.75) is 0 Å². The summed E-state index contributed by atoms with van der Waals surface area (Å²) < 4.78 is 11.4. The van der Waals surface area contributed by atoms with E-state index in [2.05, 4.69) is 269 Å². The van der Waals surface area contributed by atoms with Crippen LogP contribution in [0.25, 0.3) is 91.9 Å². The lowest BCUT2D eigenvalue weighted by atomic mass is 9.96. The van der Waals surface area contributed by atoms with Gasteiger partial charge in [0.05, 0.1) is 11.0 Å². The van der Waals surface area contributed by atoms with E-state index in [1.807, 2.05) is 17.4 Å². The monoisotopic (exact) mass is 925 g/mol. The molecule has 0 aliphatic carbocycles. The molecule has 334 valence electrons. The van der Waals surface area contributed by atoms with Gasteiger partial charge in [0.25, 0.3) is 0 Å². The predicted molar refractivity (Wildman–Crippen MR) is 301 cm³/mol. The molecule has 14 aromatic rings. The number of hydrogen-bond acceptors (Lipinski definition) is 4. The number of rotatable bonds is 9. The molecule has 11 aromatic carbocycles. The fraction of sp³-hybridized carbons (Fsp3) is 0. The van der Waals surface area contributed by atoms with Gasteiger partial charge < -0.3 is 18.8 Å². The summed E-state index contributed by atoms with van der Waals surface area (Å²) >= 11 is 1.88. The lowest BCUT2D eigenvalue weighted by Crippen LogP contribution is -2.13. The summed E-state index contributed by atoms with van der Waals surface area (Å²) in [7, 11) is 0. The Bertz CT molecular complexity index is 4250. The third-order valence-corrected chi connectivity index (χ3v) is 15.1. The first-order valence-corrected chi connectivity index (χ1v) is 24.9. The molecule has 0 saturated carbocycles. The van der Waals surface area contributed by atoms with Crippen molar-refractivity contribution in [1.29, 1.82) is 0 Å². The van der Waals surface area contributed by atoms with Gasteiger partial charge in [0.1, 0.15) is 11.2 Å². The quantitative estimate of drug-likeness (QED) is 0.144. The van der Waals surface area contributed by atoms with Gasteiger partial charge in [0.15, 0.2) is 0 Å². The van der Waals surface area contributed by atoms with Crippen LogP contribution in [0.3, 0.4) is 0 Å². The second kappa shape index (κ2) is 16.8. The number of nitrogens with zero attached hydrogens (tertiary/aromatic N) is 3. The zero-order chi connectivity index (χ0) is 46.8. The molecule has 0 spiro atoms. The van der Waals surface area contributed by atoms with Crippen LogP contribution in [-0.2, 0) is 0 Å². The van der Waals surface area contributed by atoms with Gasteiger partial charge in [0.2, 0.25) is 0 Å².